The summed E-state index contributed by atoms with van der Waals surface area (Å²) >= 11 is 0. The lowest BCUT2D eigenvalue weighted by atomic mass is 9.89. The largest absolute Gasteiger partial charge is 0.497 e. The molecular formula is C31H44N4O5. The van der Waals surface area contributed by atoms with Crippen molar-refractivity contribution >= 4 is 23.3 Å². The summed E-state index contributed by atoms with van der Waals surface area (Å²) < 4.78 is 11.7. The molecule has 0 radical (unpaired) electrons. The van der Waals surface area contributed by atoms with E-state index in [0.29, 0.717) is 35.0 Å². The highest BCUT2D eigenvalue weighted by Gasteiger charge is 2.34. The topological polar surface area (TPSA) is 103 Å². The Kier molecular flexibility index (Phi) is 10.3. The minimum Gasteiger partial charge on any atom is -0.497 e. The molecule has 2 aromatic carbocycles. The average molecular weight is 553 g/mol. The zero-order chi connectivity index (χ0) is 28.6. The van der Waals surface area contributed by atoms with E-state index in [1.165, 1.54) is 32.1 Å². The van der Waals surface area contributed by atoms with Crippen molar-refractivity contribution in [3.05, 3.63) is 48.0 Å². The number of hydrogen-bond acceptors (Lipinski definition) is 6. The molecule has 2 aliphatic rings. The highest BCUT2D eigenvalue weighted by molar-refractivity contribution is 6.02. The fourth-order valence-electron chi connectivity index (χ4n) is 5.68. The molecule has 40 heavy (non-hydrogen) atoms. The maximum atomic E-state index is 13.7. The van der Waals surface area contributed by atoms with Gasteiger partial charge in [0.1, 0.15) is 17.6 Å². The lowest BCUT2D eigenvalue weighted by Crippen LogP contribution is -2.50. The second-order valence-corrected chi connectivity index (χ2v) is 11.4. The van der Waals surface area contributed by atoms with E-state index in [4.69, 9.17) is 9.47 Å². The Morgan fingerprint density at radius 3 is 2.45 bits per heavy atom. The molecule has 0 bridgehead atoms. The van der Waals surface area contributed by atoms with Gasteiger partial charge in [0.15, 0.2) is 0 Å². The number of hydrogen-bond donors (Lipinski definition) is 3. The number of aliphatic hydroxyl groups is 1. The molecule has 3 amide bonds. The number of methoxy groups -OCH3 is 1. The number of nitrogens with zero attached hydrogens (tertiary/aromatic N) is 2. The Morgan fingerprint density at radius 2 is 1.77 bits per heavy atom. The van der Waals surface area contributed by atoms with Crippen molar-refractivity contribution < 1.29 is 24.2 Å². The fourth-order valence-corrected chi connectivity index (χ4v) is 5.68. The zero-order valence-electron chi connectivity index (χ0n) is 24.2. The number of carbonyl (C=O) groups excluding carboxylic acids is 2. The molecule has 0 aromatic heterocycles. The minimum absolute atomic E-state index is 0.0629. The molecule has 4 rings (SSSR count). The number of anilines is 2. The fraction of sp³-hybridized carbons (Fsp3) is 0.548. The number of carbonyl (C=O) groups is 2. The monoisotopic (exact) mass is 552 g/mol. The van der Waals surface area contributed by atoms with Crippen LogP contribution in [0, 0.1) is 11.8 Å². The van der Waals surface area contributed by atoms with Gasteiger partial charge < -0.3 is 35.0 Å². The molecule has 3 N–H and O–H groups in total. The van der Waals surface area contributed by atoms with Crippen molar-refractivity contribution in [2.45, 2.75) is 58.1 Å². The second-order valence-electron chi connectivity index (χ2n) is 11.4. The molecule has 9 heteroatoms. The molecule has 1 fully saturated rings. The van der Waals surface area contributed by atoms with E-state index in [-0.39, 0.29) is 30.6 Å². The van der Waals surface area contributed by atoms with E-state index in [1.54, 1.807) is 54.5 Å². The molecule has 1 aliphatic heterocycles. The highest BCUT2D eigenvalue weighted by Crippen LogP contribution is 2.31. The third-order valence-corrected chi connectivity index (χ3v) is 8.06. The van der Waals surface area contributed by atoms with E-state index < -0.39 is 6.03 Å². The van der Waals surface area contributed by atoms with Crippen LogP contribution in [-0.4, -0.2) is 79.4 Å². The quantitative estimate of drug-likeness (QED) is 0.401. The smallest absolute Gasteiger partial charge is 0.323 e. The molecule has 0 unspecified atom stereocenters. The Hall–Kier alpha value is -3.30. The van der Waals surface area contributed by atoms with Crippen molar-refractivity contribution in [3.8, 4) is 11.5 Å². The number of fused-ring (bicyclic) bond motifs is 1. The third-order valence-electron chi connectivity index (χ3n) is 8.06. The van der Waals surface area contributed by atoms with Gasteiger partial charge in [-0.3, -0.25) is 4.79 Å². The van der Waals surface area contributed by atoms with Gasteiger partial charge in [0.25, 0.3) is 5.91 Å². The van der Waals surface area contributed by atoms with Gasteiger partial charge in [0.05, 0.1) is 25.3 Å². The zero-order valence-corrected chi connectivity index (χ0v) is 24.2. The Balaban J connectivity index is 1.52. The van der Waals surface area contributed by atoms with E-state index in [9.17, 15) is 14.7 Å². The van der Waals surface area contributed by atoms with Crippen molar-refractivity contribution in [2.75, 3.05) is 51.0 Å². The van der Waals surface area contributed by atoms with E-state index in [0.717, 1.165) is 19.0 Å². The van der Waals surface area contributed by atoms with E-state index >= 15 is 0 Å². The summed E-state index contributed by atoms with van der Waals surface area (Å²) in [5.41, 5.74) is 1.45. The number of ether oxygens (including phenoxy) is 2. The normalized spacial score (nSPS) is 20.6. The SMILES string of the molecule is COc1ccc(NC(=O)Nc2ccc3c(c2)C(=O)N([C@H](C)CO)C[C@@H](C)[C@H](CN(C)CC2CCCCC2)O3)cc1. The van der Waals surface area contributed by atoms with Gasteiger partial charge >= 0.3 is 6.03 Å². The maximum Gasteiger partial charge on any atom is 0.323 e. The first kappa shape index (κ1) is 29.7. The van der Waals surface area contributed by atoms with Crippen LogP contribution in [0.1, 0.15) is 56.3 Å². The molecule has 3 atom stereocenters. The second kappa shape index (κ2) is 13.9. The van der Waals surface area contributed by atoms with Gasteiger partial charge in [0, 0.05) is 36.9 Å². The maximum absolute atomic E-state index is 13.7. The number of aliphatic hydroxyl groups excluding tert-OH is 1. The number of amides is 3. The molecular weight excluding hydrogens is 508 g/mol. The summed E-state index contributed by atoms with van der Waals surface area (Å²) in [6.07, 6.45) is 6.40. The summed E-state index contributed by atoms with van der Waals surface area (Å²) in [6, 6.07) is 11.4. The Morgan fingerprint density at radius 1 is 1.10 bits per heavy atom. The van der Waals surface area contributed by atoms with Crippen LogP contribution < -0.4 is 20.1 Å². The van der Waals surface area contributed by atoms with Crippen LogP contribution in [0.25, 0.3) is 0 Å². The van der Waals surface area contributed by atoms with E-state index in [2.05, 4.69) is 29.5 Å². The molecule has 2 aromatic rings. The number of urea groups is 1. The number of benzene rings is 2. The first-order chi connectivity index (χ1) is 19.3. The summed E-state index contributed by atoms with van der Waals surface area (Å²) in [5, 5.41) is 15.5. The van der Waals surface area contributed by atoms with Crippen LogP contribution in [0.3, 0.4) is 0 Å². The number of rotatable bonds is 9. The summed E-state index contributed by atoms with van der Waals surface area (Å²) in [4.78, 5) is 30.5. The molecule has 1 aliphatic carbocycles. The van der Waals surface area contributed by atoms with Crippen molar-refractivity contribution in [2.24, 2.45) is 11.8 Å². The summed E-state index contributed by atoms with van der Waals surface area (Å²) in [5.74, 6) is 1.74. The number of likely N-dealkylation sites (N-methyl/N-ethyl adjacent to an activating group) is 1. The number of nitrogens with one attached hydrogen (secondary N) is 2. The van der Waals surface area contributed by atoms with E-state index in [1.807, 2.05) is 6.92 Å². The van der Waals surface area contributed by atoms with Crippen molar-refractivity contribution in [1.82, 2.24) is 9.80 Å². The van der Waals surface area contributed by atoms with Gasteiger partial charge in [0.2, 0.25) is 0 Å². The van der Waals surface area contributed by atoms with Crippen LogP contribution in [0.4, 0.5) is 16.2 Å². The standard InChI is InChI=1S/C31H44N4O5/c1-21-17-35(22(2)20-36)30(37)27-16-25(33-31(38)32-24-10-13-26(39-4)14-11-24)12-15-28(27)40-29(21)19-34(3)18-23-8-6-5-7-9-23/h10-16,21-23,29,36H,5-9,17-20H2,1-4H3,(H2,32,33,38)/t21-,22-,29+/m1/s1. The highest BCUT2D eigenvalue weighted by atomic mass is 16.5. The third kappa shape index (κ3) is 7.67. The van der Waals surface area contributed by atoms with Crippen molar-refractivity contribution in [1.29, 1.82) is 0 Å². The molecule has 9 nitrogen and oxygen atoms in total. The van der Waals surface area contributed by atoms with Crippen LogP contribution in [0.15, 0.2) is 42.5 Å². The predicted molar refractivity (Wildman–Crippen MR) is 157 cm³/mol. The van der Waals surface area contributed by atoms with Gasteiger partial charge in [-0.15, -0.1) is 0 Å². The van der Waals surface area contributed by atoms with Gasteiger partial charge in [-0.25, -0.2) is 4.79 Å². The van der Waals surface area contributed by atoms with Gasteiger partial charge in [-0.2, -0.15) is 0 Å². The lowest BCUT2D eigenvalue weighted by Gasteiger charge is -2.38. The van der Waals surface area contributed by atoms with Crippen LogP contribution in [-0.2, 0) is 0 Å². The molecule has 1 saturated carbocycles. The lowest BCUT2D eigenvalue weighted by molar-refractivity contribution is 0.0330. The summed E-state index contributed by atoms with van der Waals surface area (Å²) in [7, 11) is 3.74. The Bertz CT molecular complexity index is 1140. The van der Waals surface area contributed by atoms with Crippen LogP contribution >= 0.6 is 0 Å². The predicted octanol–water partition coefficient (Wildman–Crippen LogP) is 5.07. The first-order valence-corrected chi connectivity index (χ1v) is 14.4. The van der Waals surface area contributed by atoms with Gasteiger partial charge in [-0.05, 0) is 75.2 Å². The van der Waals surface area contributed by atoms with Crippen molar-refractivity contribution in [3.63, 3.8) is 0 Å². The average Bonchev–Trinajstić information content (AvgIpc) is 2.95. The molecule has 218 valence electrons. The molecule has 0 spiro atoms. The minimum atomic E-state index is -0.430. The summed E-state index contributed by atoms with van der Waals surface area (Å²) in [6.45, 7) is 6.08. The van der Waals surface area contributed by atoms with Gasteiger partial charge in [-0.1, -0.05) is 26.2 Å². The first-order valence-electron chi connectivity index (χ1n) is 14.4. The van der Waals surface area contributed by atoms with Crippen LogP contribution in [0.5, 0.6) is 11.5 Å². The Labute approximate surface area is 237 Å². The molecule has 1 heterocycles. The van der Waals surface area contributed by atoms with Crippen LogP contribution in [0.2, 0.25) is 0 Å². The molecule has 0 saturated heterocycles.